The highest BCUT2D eigenvalue weighted by atomic mass is 16.6. The Kier molecular flexibility index (Phi) is 8.22. The maximum absolute atomic E-state index is 12.4. The third kappa shape index (κ3) is 8.77. The molecule has 152 valence electrons. The third-order valence-electron chi connectivity index (χ3n) is 4.42. The van der Waals surface area contributed by atoms with E-state index in [0.717, 1.165) is 25.7 Å². The van der Waals surface area contributed by atoms with Crippen molar-refractivity contribution in [2.75, 3.05) is 0 Å². The second-order valence-electron chi connectivity index (χ2n) is 9.23. The monoisotopic (exact) mass is 370 g/mol. The maximum atomic E-state index is 12.4. The number of ether oxygens (including phenoxy) is 2. The minimum absolute atomic E-state index is 0.164. The van der Waals surface area contributed by atoms with E-state index < -0.39 is 23.4 Å². The molecule has 0 aromatic heterocycles. The van der Waals surface area contributed by atoms with Crippen LogP contribution in [-0.2, 0) is 9.47 Å². The molecular formula is C20H38N2O4. The van der Waals surface area contributed by atoms with Gasteiger partial charge in [0.15, 0.2) is 0 Å². The summed E-state index contributed by atoms with van der Waals surface area (Å²) in [7, 11) is 0. The normalized spacial score (nSPS) is 18.6. The van der Waals surface area contributed by atoms with Crippen LogP contribution in [0.3, 0.4) is 0 Å². The number of rotatable bonds is 5. The lowest BCUT2D eigenvalue weighted by Crippen LogP contribution is -2.56. The second kappa shape index (κ2) is 9.47. The minimum atomic E-state index is -0.554. The molecule has 0 saturated heterocycles. The van der Waals surface area contributed by atoms with E-state index in [9.17, 15) is 9.59 Å². The van der Waals surface area contributed by atoms with E-state index in [4.69, 9.17) is 9.47 Å². The summed E-state index contributed by atoms with van der Waals surface area (Å²) in [5, 5.41) is 5.99. The summed E-state index contributed by atoms with van der Waals surface area (Å²) in [6, 6.07) is -0.358. The van der Waals surface area contributed by atoms with E-state index >= 15 is 0 Å². The van der Waals surface area contributed by atoms with Gasteiger partial charge in [-0.1, -0.05) is 26.2 Å². The molecule has 0 spiro atoms. The number of hydrogen-bond acceptors (Lipinski definition) is 4. The number of hydrogen-bond donors (Lipinski definition) is 2. The number of carbonyl (C=O) groups excluding carboxylic acids is 2. The predicted octanol–water partition coefficient (Wildman–Crippen LogP) is 4.76. The average Bonchev–Trinajstić information content (AvgIpc) is 2.48. The van der Waals surface area contributed by atoms with Crippen LogP contribution in [0.4, 0.5) is 9.59 Å². The number of carbonyl (C=O) groups is 2. The van der Waals surface area contributed by atoms with Crippen molar-refractivity contribution in [3.8, 4) is 0 Å². The summed E-state index contributed by atoms with van der Waals surface area (Å²) in [5.74, 6) is 0.330. The SMILES string of the molecule is CC[C@@H](NC(=O)OC(C)(C)C)[C@@H](NC(=O)OC(C)(C)C)C1CCCCC1. The van der Waals surface area contributed by atoms with Crippen LogP contribution < -0.4 is 10.6 Å². The van der Waals surface area contributed by atoms with E-state index in [1.54, 1.807) is 0 Å². The van der Waals surface area contributed by atoms with Gasteiger partial charge in [0, 0.05) is 0 Å². The summed E-state index contributed by atoms with van der Waals surface area (Å²) >= 11 is 0. The first-order chi connectivity index (χ1) is 11.9. The average molecular weight is 371 g/mol. The van der Waals surface area contributed by atoms with Crippen LogP contribution in [0.2, 0.25) is 0 Å². The molecule has 1 fully saturated rings. The van der Waals surface area contributed by atoms with Gasteiger partial charge in [-0.15, -0.1) is 0 Å². The van der Waals surface area contributed by atoms with E-state index in [-0.39, 0.29) is 12.1 Å². The fourth-order valence-electron chi connectivity index (χ4n) is 3.39. The van der Waals surface area contributed by atoms with Crippen molar-refractivity contribution in [1.82, 2.24) is 10.6 Å². The Morgan fingerprint density at radius 1 is 0.885 bits per heavy atom. The highest BCUT2D eigenvalue weighted by molar-refractivity contribution is 5.70. The van der Waals surface area contributed by atoms with Crippen molar-refractivity contribution in [1.29, 1.82) is 0 Å². The van der Waals surface area contributed by atoms with Crippen LogP contribution in [0.15, 0.2) is 0 Å². The molecule has 0 radical (unpaired) electrons. The Labute approximate surface area is 158 Å². The smallest absolute Gasteiger partial charge is 0.407 e. The minimum Gasteiger partial charge on any atom is -0.444 e. The Bertz CT molecular complexity index is 459. The lowest BCUT2D eigenvalue weighted by atomic mass is 9.80. The van der Waals surface area contributed by atoms with E-state index in [2.05, 4.69) is 10.6 Å². The van der Waals surface area contributed by atoms with Gasteiger partial charge in [0.05, 0.1) is 12.1 Å². The van der Waals surface area contributed by atoms with Gasteiger partial charge in [0.25, 0.3) is 0 Å². The topological polar surface area (TPSA) is 76.7 Å². The molecule has 0 aromatic rings. The first-order valence-corrected chi connectivity index (χ1v) is 9.90. The van der Waals surface area contributed by atoms with Crippen molar-refractivity contribution in [2.24, 2.45) is 5.92 Å². The molecule has 0 unspecified atom stereocenters. The van der Waals surface area contributed by atoms with Crippen LogP contribution in [0.1, 0.15) is 87.0 Å². The molecule has 26 heavy (non-hydrogen) atoms. The number of nitrogens with one attached hydrogen (secondary N) is 2. The van der Waals surface area contributed by atoms with Gasteiger partial charge in [-0.05, 0) is 66.7 Å². The van der Waals surface area contributed by atoms with Crippen molar-refractivity contribution in [3.63, 3.8) is 0 Å². The van der Waals surface area contributed by atoms with Gasteiger partial charge in [-0.25, -0.2) is 9.59 Å². The van der Waals surface area contributed by atoms with Crippen LogP contribution in [0.25, 0.3) is 0 Å². The van der Waals surface area contributed by atoms with Gasteiger partial charge in [0.1, 0.15) is 11.2 Å². The highest BCUT2D eigenvalue weighted by Crippen LogP contribution is 2.29. The summed E-state index contributed by atoms with van der Waals surface area (Å²) in [5.41, 5.74) is -1.11. The van der Waals surface area contributed by atoms with Crippen molar-refractivity contribution in [2.45, 2.75) is 110 Å². The molecule has 6 heteroatoms. The fraction of sp³-hybridized carbons (Fsp3) is 0.900. The highest BCUT2D eigenvalue weighted by Gasteiger charge is 2.34. The predicted molar refractivity (Wildman–Crippen MR) is 103 cm³/mol. The molecule has 0 aliphatic heterocycles. The maximum Gasteiger partial charge on any atom is 0.407 e. The third-order valence-corrected chi connectivity index (χ3v) is 4.42. The van der Waals surface area contributed by atoms with Gasteiger partial charge in [0.2, 0.25) is 0 Å². The van der Waals surface area contributed by atoms with Crippen LogP contribution >= 0.6 is 0 Å². The van der Waals surface area contributed by atoms with Crippen LogP contribution in [0.5, 0.6) is 0 Å². The summed E-state index contributed by atoms with van der Waals surface area (Å²) < 4.78 is 10.8. The largest absolute Gasteiger partial charge is 0.444 e. The standard InChI is InChI=1S/C20H38N2O4/c1-8-15(21-17(23)25-19(2,3)4)16(14-12-10-9-11-13-14)22-18(24)26-20(5,6)7/h14-16H,8-13H2,1-7H3,(H,21,23)(H,22,24)/t15-,16+/m1/s1. The van der Waals surface area contributed by atoms with Gasteiger partial charge in [-0.3, -0.25) is 0 Å². The van der Waals surface area contributed by atoms with Crippen molar-refractivity contribution >= 4 is 12.2 Å². The number of alkyl carbamates (subject to hydrolysis) is 2. The molecule has 1 rings (SSSR count). The molecule has 1 aliphatic carbocycles. The zero-order valence-corrected chi connectivity index (χ0v) is 17.6. The molecule has 2 N–H and O–H groups in total. The van der Waals surface area contributed by atoms with Crippen molar-refractivity contribution in [3.05, 3.63) is 0 Å². The van der Waals surface area contributed by atoms with Gasteiger partial charge < -0.3 is 20.1 Å². The Balaban J connectivity index is 2.85. The molecule has 0 heterocycles. The lowest BCUT2D eigenvalue weighted by molar-refractivity contribution is 0.0387. The van der Waals surface area contributed by atoms with E-state index in [1.807, 2.05) is 48.5 Å². The Hall–Kier alpha value is -1.46. The van der Waals surface area contributed by atoms with Gasteiger partial charge in [-0.2, -0.15) is 0 Å². The molecule has 6 nitrogen and oxygen atoms in total. The van der Waals surface area contributed by atoms with E-state index in [1.165, 1.54) is 6.42 Å². The fourth-order valence-corrected chi connectivity index (χ4v) is 3.39. The number of amides is 2. The molecule has 2 amide bonds. The second-order valence-corrected chi connectivity index (χ2v) is 9.23. The first-order valence-electron chi connectivity index (χ1n) is 9.90. The summed E-state index contributed by atoms with van der Waals surface area (Å²) in [6.45, 7) is 13.1. The van der Waals surface area contributed by atoms with Crippen LogP contribution in [0, 0.1) is 5.92 Å². The lowest BCUT2D eigenvalue weighted by Gasteiger charge is -2.37. The van der Waals surface area contributed by atoms with E-state index in [0.29, 0.717) is 12.3 Å². The molecule has 2 atom stereocenters. The zero-order chi connectivity index (χ0) is 20.0. The molecule has 0 aromatic carbocycles. The summed E-state index contributed by atoms with van der Waals surface area (Å²) in [6.07, 6.45) is 5.45. The Morgan fingerprint density at radius 3 is 1.77 bits per heavy atom. The van der Waals surface area contributed by atoms with Gasteiger partial charge >= 0.3 is 12.2 Å². The Morgan fingerprint density at radius 2 is 1.35 bits per heavy atom. The first kappa shape index (κ1) is 22.6. The van der Waals surface area contributed by atoms with Crippen LogP contribution in [-0.4, -0.2) is 35.5 Å². The molecule has 0 bridgehead atoms. The summed E-state index contributed by atoms with van der Waals surface area (Å²) in [4.78, 5) is 24.6. The quantitative estimate of drug-likeness (QED) is 0.731. The molecule has 1 saturated carbocycles. The molecular weight excluding hydrogens is 332 g/mol. The molecule has 1 aliphatic rings. The van der Waals surface area contributed by atoms with Crippen molar-refractivity contribution < 1.29 is 19.1 Å². The zero-order valence-electron chi connectivity index (χ0n) is 17.6.